The van der Waals surface area contributed by atoms with Crippen molar-refractivity contribution in [3.05, 3.63) is 75.3 Å². The van der Waals surface area contributed by atoms with Crippen molar-refractivity contribution in [1.82, 2.24) is 0 Å². The topological polar surface area (TPSA) is 69.5 Å². The lowest BCUT2D eigenvalue weighted by Crippen LogP contribution is -2.19. The summed E-state index contributed by atoms with van der Waals surface area (Å²) in [5.74, 6) is -0.593. The van der Waals surface area contributed by atoms with Crippen molar-refractivity contribution in [2.24, 2.45) is 10.3 Å². The van der Waals surface area contributed by atoms with E-state index in [0.717, 1.165) is 33.9 Å². The Balaban J connectivity index is 1.74. The minimum atomic E-state index is -0.593. The maximum absolute atomic E-state index is 12.0. The van der Waals surface area contributed by atoms with Crippen molar-refractivity contribution in [3.8, 4) is 0 Å². The smallest absolute Gasteiger partial charge is 0.360 e. The molecule has 1 aliphatic carbocycles. The van der Waals surface area contributed by atoms with Crippen LogP contribution >= 0.6 is 11.6 Å². The molecular weight excluding hydrogens is 392 g/mol. The number of allylic oxidation sites excluding steroid dienone is 1. The van der Waals surface area contributed by atoms with Crippen molar-refractivity contribution in [3.63, 3.8) is 0 Å². The first-order valence-corrected chi connectivity index (χ1v) is 9.35. The van der Waals surface area contributed by atoms with Gasteiger partial charge in [-0.15, -0.1) is 0 Å². The van der Waals surface area contributed by atoms with Crippen LogP contribution in [-0.4, -0.2) is 31.6 Å². The average Bonchev–Trinajstić information content (AvgIpc) is 3.18. The fourth-order valence-electron chi connectivity index (χ4n) is 3.08. The van der Waals surface area contributed by atoms with Gasteiger partial charge in [-0.05, 0) is 35.8 Å². The van der Waals surface area contributed by atoms with Crippen molar-refractivity contribution >= 4 is 35.1 Å². The molecule has 6 nitrogen and oxygen atoms in total. The Labute approximate surface area is 174 Å². The van der Waals surface area contributed by atoms with E-state index in [1.54, 1.807) is 12.1 Å². The monoisotopic (exact) mass is 412 g/mol. The number of carbonyl (C=O) groups excluding carboxylic acids is 1. The second kappa shape index (κ2) is 9.39. The van der Waals surface area contributed by atoms with Gasteiger partial charge >= 0.3 is 5.97 Å². The molecule has 0 atom stereocenters. The van der Waals surface area contributed by atoms with Crippen LogP contribution in [0, 0.1) is 0 Å². The number of esters is 1. The molecule has 150 valence electrons. The normalized spacial score (nSPS) is 13.6. The van der Waals surface area contributed by atoms with Crippen LogP contribution in [0.15, 0.2) is 58.3 Å². The van der Waals surface area contributed by atoms with Crippen LogP contribution in [0.1, 0.15) is 29.2 Å². The van der Waals surface area contributed by atoms with Gasteiger partial charge in [-0.3, -0.25) is 0 Å². The summed E-state index contributed by atoms with van der Waals surface area (Å²) in [6.45, 7) is 2.05. The van der Waals surface area contributed by atoms with Gasteiger partial charge in [-0.1, -0.05) is 58.3 Å². The van der Waals surface area contributed by atoms with Gasteiger partial charge in [-0.25, -0.2) is 4.79 Å². The number of hydrogen-bond acceptors (Lipinski definition) is 6. The second-order valence-corrected chi connectivity index (χ2v) is 6.79. The molecular formula is C22H21ClN2O4. The summed E-state index contributed by atoms with van der Waals surface area (Å²) >= 11 is 6.26. The Hall–Kier alpha value is -3.12. The number of rotatable bonds is 7. The molecule has 0 saturated heterocycles. The zero-order valence-corrected chi connectivity index (χ0v) is 17.2. The molecule has 0 aliphatic heterocycles. The molecule has 0 saturated carbocycles. The largest absolute Gasteiger partial charge is 0.464 e. The number of fused-ring (bicyclic) bond motifs is 1. The Bertz CT molecular complexity index is 1010. The molecule has 0 bridgehead atoms. The molecule has 0 heterocycles. The summed E-state index contributed by atoms with van der Waals surface area (Å²) in [5, 5.41) is 8.77. The fourth-order valence-corrected chi connectivity index (χ4v) is 3.33. The first-order valence-electron chi connectivity index (χ1n) is 8.97. The molecule has 0 radical (unpaired) electrons. The van der Waals surface area contributed by atoms with E-state index in [0.29, 0.717) is 5.56 Å². The third-order valence-electron chi connectivity index (χ3n) is 4.56. The number of methoxy groups -OCH3 is 1. The highest BCUT2D eigenvalue weighted by atomic mass is 35.5. The molecule has 0 fully saturated rings. The van der Waals surface area contributed by atoms with Crippen molar-refractivity contribution in [2.45, 2.75) is 20.0 Å². The van der Waals surface area contributed by atoms with Crippen molar-refractivity contribution < 1.29 is 19.2 Å². The summed E-state index contributed by atoms with van der Waals surface area (Å²) in [6, 6.07) is 13.1. The lowest BCUT2D eigenvalue weighted by Gasteiger charge is -2.10. The predicted octanol–water partition coefficient (Wildman–Crippen LogP) is 4.40. The minimum absolute atomic E-state index is 0.0681. The van der Waals surface area contributed by atoms with Gasteiger partial charge in [0.05, 0.1) is 12.8 Å². The van der Waals surface area contributed by atoms with Crippen LogP contribution in [-0.2, 0) is 32.2 Å². The molecule has 0 spiro atoms. The highest BCUT2D eigenvalue weighted by Gasteiger charge is 2.20. The van der Waals surface area contributed by atoms with Gasteiger partial charge in [-0.2, -0.15) is 0 Å². The Morgan fingerprint density at radius 3 is 2.62 bits per heavy atom. The van der Waals surface area contributed by atoms with E-state index in [9.17, 15) is 4.79 Å². The highest BCUT2D eigenvalue weighted by Crippen LogP contribution is 2.31. The third-order valence-corrected chi connectivity index (χ3v) is 4.89. The van der Waals surface area contributed by atoms with Crippen LogP contribution in [0.25, 0.3) is 6.08 Å². The highest BCUT2D eigenvalue weighted by molar-refractivity contribution is 6.43. The summed E-state index contributed by atoms with van der Waals surface area (Å²) in [6.07, 6.45) is 2.80. The molecule has 0 unspecified atom stereocenters. The average molecular weight is 413 g/mol. The van der Waals surface area contributed by atoms with E-state index in [2.05, 4.69) is 16.4 Å². The summed E-state index contributed by atoms with van der Waals surface area (Å²) in [4.78, 5) is 22.4. The van der Waals surface area contributed by atoms with Crippen LogP contribution in [0.4, 0.5) is 0 Å². The molecule has 1 aliphatic rings. The number of ether oxygens (including phenoxy) is 1. The lowest BCUT2D eigenvalue weighted by atomic mass is 10.0. The SMILES string of the molecule is CO/N=C(\C(=O)OC)c1ccccc1CO/N=C(\C)C1=Cc2c(Cl)cccc2C1. The van der Waals surface area contributed by atoms with Gasteiger partial charge in [0.25, 0.3) is 0 Å². The Kier molecular flexibility index (Phi) is 6.67. The number of halogens is 1. The molecule has 0 N–H and O–H groups in total. The van der Waals surface area contributed by atoms with Crippen LogP contribution in [0.5, 0.6) is 0 Å². The molecule has 3 rings (SSSR count). The first kappa shape index (κ1) is 20.6. The van der Waals surface area contributed by atoms with Gasteiger partial charge in [0.15, 0.2) is 5.71 Å². The lowest BCUT2D eigenvalue weighted by molar-refractivity contribution is -0.132. The quantitative estimate of drug-likeness (QED) is 0.384. The zero-order valence-electron chi connectivity index (χ0n) is 16.4. The summed E-state index contributed by atoms with van der Waals surface area (Å²) in [5.41, 5.74) is 5.39. The maximum Gasteiger partial charge on any atom is 0.360 e. The number of nitrogens with zero attached hydrogens (tertiary/aromatic N) is 2. The van der Waals surface area contributed by atoms with Crippen LogP contribution < -0.4 is 0 Å². The standard InChI is InChI=1S/C22H21ClN2O4/c1-14(17-11-15-8-6-10-20(23)19(15)12-17)24-29-13-16-7-4-5-9-18(16)21(25-28-3)22(26)27-2/h4-10,12H,11,13H2,1-3H3/b24-14+,25-21-. The molecule has 7 heteroatoms. The van der Waals surface area contributed by atoms with Crippen LogP contribution in [0.2, 0.25) is 5.02 Å². The minimum Gasteiger partial charge on any atom is -0.464 e. The van der Waals surface area contributed by atoms with E-state index >= 15 is 0 Å². The zero-order chi connectivity index (χ0) is 20.8. The van der Waals surface area contributed by atoms with Gasteiger partial charge in [0, 0.05) is 22.6 Å². The van der Waals surface area contributed by atoms with Crippen molar-refractivity contribution in [1.29, 1.82) is 0 Å². The van der Waals surface area contributed by atoms with E-state index < -0.39 is 5.97 Å². The Morgan fingerprint density at radius 2 is 1.90 bits per heavy atom. The molecule has 29 heavy (non-hydrogen) atoms. The van der Waals surface area contributed by atoms with Gasteiger partial charge in [0.2, 0.25) is 0 Å². The third kappa shape index (κ3) is 4.66. The maximum atomic E-state index is 12.0. The number of oxime groups is 2. The van der Waals surface area contributed by atoms with Gasteiger partial charge in [0.1, 0.15) is 13.7 Å². The van der Waals surface area contributed by atoms with Crippen molar-refractivity contribution in [2.75, 3.05) is 14.2 Å². The van der Waals surface area contributed by atoms with E-state index in [4.69, 9.17) is 26.0 Å². The Morgan fingerprint density at radius 1 is 1.10 bits per heavy atom. The van der Waals surface area contributed by atoms with Crippen LogP contribution in [0.3, 0.4) is 0 Å². The summed E-state index contributed by atoms with van der Waals surface area (Å²) in [7, 11) is 2.66. The molecule has 2 aromatic carbocycles. The fraction of sp³-hybridized carbons (Fsp3) is 0.227. The van der Waals surface area contributed by atoms with Gasteiger partial charge < -0.3 is 14.4 Å². The molecule has 0 amide bonds. The predicted molar refractivity (Wildman–Crippen MR) is 113 cm³/mol. The number of carbonyl (C=O) groups is 1. The summed E-state index contributed by atoms with van der Waals surface area (Å²) < 4.78 is 4.79. The number of hydrogen-bond donors (Lipinski definition) is 0. The number of benzene rings is 2. The van der Waals surface area contributed by atoms with E-state index in [1.807, 2.05) is 37.3 Å². The molecule has 2 aromatic rings. The van der Waals surface area contributed by atoms with E-state index in [-0.39, 0.29) is 12.3 Å². The van der Waals surface area contributed by atoms with E-state index in [1.165, 1.54) is 19.8 Å². The second-order valence-electron chi connectivity index (χ2n) is 6.38. The molecule has 0 aromatic heterocycles. The first-order chi connectivity index (χ1) is 14.0.